The van der Waals surface area contributed by atoms with Gasteiger partial charge in [-0.15, -0.1) is 0 Å². The summed E-state index contributed by atoms with van der Waals surface area (Å²) in [6, 6.07) is 0. The van der Waals surface area contributed by atoms with Crippen LogP contribution in [0.3, 0.4) is 0 Å². The lowest BCUT2D eigenvalue weighted by molar-refractivity contribution is 1.54. The maximum atomic E-state index is 3.88. The molecule has 0 aromatic heterocycles. The zero-order chi connectivity index (χ0) is 4.41. The molecule has 0 bridgehead atoms. The molecule has 0 fully saturated rings. The largest absolute Gasteiger partial charge is 0.213 e. The van der Waals surface area contributed by atoms with Crippen LogP contribution in [0.5, 0.6) is 0 Å². The zero-order valence-corrected chi connectivity index (χ0v) is 5.34. The van der Waals surface area contributed by atoms with Gasteiger partial charge in [0.1, 0.15) is 0 Å². The van der Waals surface area contributed by atoms with Gasteiger partial charge >= 0.3 is 0 Å². The third-order valence-electron chi connectivity index (χ3n) is 0.427. The van der Waals surface area contributed by atoms with Crippen LogP contribution in [0.1, 0.15) is 6.42 Å². The summed E-state index contributed by atoms with van der Waals surface area (Å²) in [6.07, 6.45) is 0.866. The topological polar surface area (TPSA) is 12.4 Å². The Balaban J connectivity index is 2.45. The third kappa shape index (κ3) is 0.980. The monoisotopic (exact) mass is 163 g/mol. The van der Waals surface area contributed by atoms with E-state index in [0.29, 0.717) is 0 Å². The molecule has 0 aromatic rings. The Morgan fingerprint density at radius 2 is 2.83 bits per heavy atom. The van der Waals surface area contributed by atoms with E-state index in [2.05, 4.69) is 26.1 Å². The Hall–Kier alpha value is 0.500. The lowest BCUT2D eigenvalue weighted by atomic mass is 10.5. The van der Waals surface area contributed by atoms with E-state index in [1.54, 1.807) is 0 Å². The third-order valence-corrected chi connectivity index (χ3v) is 1.70. The summed E-state index contributed by atoms with van der Waals surface area (Å²) >= 11 is 4.58. The highest BCUT2D eigenvalue weighted by molar-refractivity contribution is 9.18. The van der Waals surface area contributed by atoms with Gasteiger partial charge in [0.2, 0.25) is 0 Å². The van der Waals surface area contributed by atoms with E-state index in [-0.39, 0.29) is 0 Å². The lowest BCUT2D eigenvalue weighted by Gasteiger charge is -1.70. The number of hydrogen-bond acceptors (Lipinski definition) is 2. The second kappa shape index (κ2) is 1.98. The van der Waals surface area contributed by atoms with Crippen LogP contribution in [-0.2, 0) is 0 Å². The van der Waals surface area contributed by atoms with Crippen LogP contribution >= 0.6 is 27.9 Å². The molecule has 0 aliphatic carbocycles. The van der Waals surface area contributed by atoms with Gasteiger partial charge in [0.15, 0.2) is 0 Å². The van der Waals surface area contributed by atoms with Crippen molar-refractivity contribution in [3.05, 3.63) is 5.75 Å². The molecule has 0 aromatic carbocycles. The molecule has 0 unspecified atom stereocenters. The quantitative estimate of drug-likeness (QED) is 0.498. The van der Waals surface area contributed by atoms with Crippen LogP contribution in [0.4, 0.5) is 0 Å². The first-order valence-corrected chi connectivity index (χ1v) is 3.07. The number of hydrogen-bond donors (Lipinski definition) is 0. The number of rotatable bonds is 0. The van der Waals surface area contributed by atoms with Crippen LogP contribution in [0.2, 0.25) is 0 Å². The molecule has 1 aliphatic heterocycles. The van der Waals surface area contributed by atoms with E-state index in [1.807, 2.05) is 0 Å². The Morgan fingerprint density at radius 3 is 3.00 bits per heavy atom. The first-order chi connectivity index (χ1) is 2.89. The fourth-order valence-electron chi connectivity index (χ4n) is 0.206. The Kier molecular flexibility index (Phi) is 1.54. The van der Waals surface area contributed by atoms with Gasteiger partial charge in [-0.2, -0.15) is 0 Å². The fourth-order valence-corrected chi connectivity index (χ4v) is 1.18. The van der Waals surface area contributed by atoms with Gasteiger partial charge < -0.3 is 0 Å². The summed E-state index contributed by atoms with van der Waals surface area (Å²) in [5.41, 5.74) is 0. The van der Waals surface area contributed by atoms with E-state index in [9.17, 15) is 0 Å². The van der Waals surface area contributed by atoms with Gasteiger partial charge in [-0.25, -0.2) is 4.40 Å². The molecule has 3 heteroatoms. The van der Waals surface area contributed by atoms with Gasteiger partial charge in [-0.3, -0.25) is 0 Å². The molecule has 1 heterocycles. The molecular formula is C3H2BrNS. The standard InChI is InChI=1S/C3H2BrNS/c4-3-1-2-6-5-3/h1H2. The first kappa shape index (κ1) is 4.65. The summed E-state index contributed by atoms with van der Waals surface area (Å²) < 4.78 is 4.87. The number of halogens is 1. The average Bonchev–Trinajstić information content (AvgIpc) is 1.86. The van der Waals surface area contributed by atoms with Crippen molar-refractivity contribution in [1.29, 1.82) is 0 Å². The van der Waals surface area contributed by atoms with E-state index in [4.69, 9.17) is 0 Å². The van der Waals surface area contributed by atoms with Crippen LogP contribution in [-0.4, -0.2) is 4.62 Å². The van der Waals surface area contributed by atoms with Gasteiger partial charge in [0.25, 0.3) is 0 Å². The van der Waals surface area contributed by atoms with Crippen molar-refractivity contribution in [2.75, 3.05) is 0 Å². The second-order valence-electron chi connectivity index (χ2n) is 0.880. The van der Waals surface area contributed by atoms with Crippen molar-refractivity contribution in [3.63, 3.8) is 0 Å². The van der Waals surface area contributed by atoms with Gasteiger partial charge in [-0.05, 0) is 27.9 Å². The minimum absolute atomic E-state index is 0.866. The maximum absolute atomic E-state index is 3.88. The molecule has 32 valence electrons. The van der Waals surface area contributed by atoms with E-state index < -0.39 is 0 Å². The zero-order valence-electron chi connectivity index (χ0n) is 2.94. The summed E-state index contributed by atoms with van der Waals surface area (Å²) in [5, 5.41) is 0. The average molecular weight is 164 g/mol. The molecule has 1 rings (SSSR count). The highest BCUT2D eigenvalue weighted by atomic mass is 79.9. The molecule has 0 atom stereocenters. The maximum Gasteiger partial charge on any atom is 0.0928 e. The highest BCUT2D eigenvalue weighted by Crippen LogP contribution is 2.22. The first-order valence-electron chi connectivity index (χ1n) is 1.51. The SMILES string of the molecule is BrC1=NS[C]C1. The second-order valence-corrected chi connectivity index (χ2v) is 2.45. The Labute approximate surface area is 49.5 Å². The van der Waals surface area contributed by atoms with Crippen molar-refractivity contribution in [3.8, 4) is 0 Å². The molecule has 0 spiro atoms. The molecular weight excluding hydrogens is 162 g/mol. The highest BCUT2D eigenvalue weighted by Gasteiger charge is 2.01. The number of nitrogens with zero attached hydrogens (tertiary/aromatic N) is 1. The molecule has 0 N–H and O–H groups in total. The molecule has 1 aliphatic rings. The van der Waals surface area contributed by atoms with Crippen LogP contribution < -0.4 is 0 Å². The van der Waals surface area contributed by atoms with Crippen molar-refractivity contribution in [2.45, 2.75) is 6.42 Å². The van der Waals surface area contributed by atoms with Crippen molar-refractivity contribution in [1.82, 2.24) is 0 Å². The van der Waals surface area contributed by atoms with Gasteiger partial charge in [0.05, 0.1) is 10.4 Å². The van der Waals surface area contributed by atoms with Gasteiger partial charge in [-0.1, -0.05) is 0 Å². The normalized spacial score (nSPS) is 21.2. The van der Waals surface area contributed by atoms with E-state index in [1.165, 1.54) is 11.9 Å². The predicted octanol–water partition coefficient (Wildman–Crippen LogP) is 1.87. The van der Waals surface area contributed by atoms with Crippen molar-refractivity contribution < 1.29 is 0 Å². The van der Waals surface area contributed by atoms with Crippen LogP contribution in [0, 0.1) is 5.75 Å². The summed E-state index contributed by atoms with van der Waals surface area (Å²) in [7, 11) is 0. The predicted molar refractivity (Wildman–Crippen MR) is 31.8 cm³/mol. The fraction of sp³-hybridized carbons (Fsp3) is 0.333. The van der Waals surface area contributed by atoms with Crippen molar-refractivity contribution >= 4 is 32.5 Å². The molecule has 0 saturated heterocycles. The van der Waals surface area contributed by atoms with Crippen molar-refractivity contribution in [2.24, 2.45) is 4.40 Å². The minimum atomic E-state index is 0.866. The Morgan fingerprint density at radius 1 is 2.00 bits per heavy atom. The van der Waals surface area contributed by atoms with Crippen LogP contribution in [0.15, 0.2) is 4.40 Å². The van der Waals surface area contributed by atoms with E-state index >= 15 is 0 Å². The molecule has 0 amide bonds. The molecule has 1 nitrogen and oxygen atoms in total. The van der Waals surface area contributed by atoms with Gasteiger partial charge in [0, 0.05) is 6.42 Å². The summed E-state index contributed by atoms with van der Waals surface area (Å²) in [5.74, 6) is 2.94. The smallest absolute Gasteiger partial charge is 0.0928 e. The summed E-state index contributed by atoms with van der Waals surface area (Å²) in [6.45, 7) is 0. The molecule has 0 saturated carbocycles. The molecule has 6 heavy (non-hydrogen) atoms. The molecule has 2 radical (unpaired) electrons. The van der Waals surface area contributed by atoms with Crippen LogP contribution in [0.25, 0.3) is 0 Å². The Bertz CT molecular complexity index is 80.9. The van der Waals surface area contributed by atoms with E-state index in [0.717, 1.165) is 11.0 Å². The summed E-state index contributed by atoms with van der Waals surface area (Å²) in [4.78, 5) is 0. The minimum Gasteiger partial charge on any atom is -0.213 e. The lowest BCUT2D eigenvalue weighted by Crippen LogP contribution is -1.71.